The Morgan fingerprint density at radius 3 is 2.65 bits per heavy atom. The van der Waals surface area contributed by atoms with Gasteiger partial charge in [-0.3, -0.25) is 9.69 Å². The Morgan fingerprint density at radius 2 is 1.94 bits per heavy atom. The van der Waals surface area contributed by atoms with Crippen molar-refractivity contribution in [2.45, 2.75) is 46.3 Å². The molecule has 2 aliphatic rings. The quantitative estimate of drug-likeness (QED) is 0.604. The van der Waals surface area contributed by atoms with Crippen molar-refractivity contribution >= 4 is 11.5 Å². The summed E-state index contributed by atoms with van der Waals surface area (Å²) in [5.74, 6) is 1.16. The fourth-order valence-corrected chi connectivity index (χ4v) is 4.79. The molecule has 1 atom stereocenters. The van der Waals surface area contributed by atoms with Crippen molar-refractivity contribution in [3.05, 3.63) is 47.3 Å². The lowest BCUT2D eigenvalue weighted by molar-refractivity contribution is 0.0918. The maximum Gasteiger partial charge on any atom is 0.178 e. The van der Waals surface area contributed by atoms with Gasteiger partial charge >= 0.3 is 0 Å². The monoisotopic (exact) mass is 425 g/mol. The molecule has 6 nitrogen and oxygen atoms in total. The average molecular weight is 426 g/mol. The van der Waals surface area contributed by atoms with E-state index in [9.17, 15) is 4.79 Å². The van der Waals surface area contributed by atoms with E-state index in [1.807, 2.05) is 19.1 Å². The van der Waals surface area contributed by atoms with Crippen LogP contribution in [0.1, 0.15) is 41.5 Å². The Kier molecular flexibility index (Phi) is 6.98. The van der Waals surface area contributed by atoms with Crippen LogP contribution in [0, 0.1) is 13.8 Å². The number of ketones is 1. The van der Waals surface area contributed by atoms with Crippen LogP contribution in [0.3, 0.4) is 0 Å². The number of Topliss-reactive ketones (excluding diaryl/α,β-unsaturated/α-hetero) is 1. The fraction of sp³-hybridized carbons (Fsp3) is 0.560. The van der Waals surface area contributed by atoms with E-state index in [0.717, 1.165) is 80.6 Å². The van der Waals surface area contributed by atoms with Crippen LogP contribution in [0.4, 0.5) is 5.69 Å². The molecule has 0 N–H and O–H groups in total. The highest BCUT2D eigenvalue weighted by atomic mass is 16.5. The minimum absolute atomic E-state index is 0.217. The van der Waals surface area contributed by atoms with E-state index in [2.05, 4.69) is 46.4 Å². The first-order chi connectivity index (χ1) is 15.1. The summed E-state index contributed by atoms with van der Waals surface area (Å²) in [5.41, 5.74) is 4.23. The average Bonchev–Trinajstić information content (AvgIpc) is 3.39. The van der Waals surface area contributed by atoms with Gasteiger partial charge in [0, 0.05) is 56.3 Å². The lowest BCUT2D eigenvalue weighted by atomic mass is 10.1. The molecule has 0 radical (unpaired) electrons. The van der Waals surface area contributed by atoms with Crippen molar-refractivity contribution < 1.29 is 14.3 Å². The second-order valence-electron chi connectivity index (χ2n) is 8.62. The number of benzene rings is 1. The number of aryl methyl sites for hydroxylation is 1. The smallest absolute Gasteiger partial charge is 0.178 e. The molecule has 2 aliphatic heterocycles. The van der Waals surface area contributed by atoms with Gasteiger partial charge in [0.1, 0.15) is 5.75 Å². The molecule has 0 saturated carbocycles. The molecular weight excluding hydrogens is 390 g/mol. The van der Waals surface area contributed by atoms with Crippen LogP contribution in [0.5, 0.6) is 5.75 Å². The lowest BCUT2D eigenvalue weighted by Crippen LogP contribution is -2.48. The van der Waals surface area contributed by atoms with E-state index >= 15 is 0 Å². The summed E-state index contributed by atoms with van der Waals surface area (Å²) in [6, 6.07) is 10.3. The van der Waals surface area contributed by atoms with Gasteiger partial charge in [-0.25, -0.2) is 0 Å². The van der Waals surface area contributed by atoms with Crippen molar-refractivity contribution in [3.8, 4) is 5.75 Å². The molecule has 0 bridgehead atoms. The summed E-state index contributed by atoms with van der Waals surface area (Å²) in [6.07, 6.45) is 2.52. The summed E-state index contributed by atoms with van der Waals surface area (Å²) in [5, 5.41) is 0. The predicted octanol–water partition coefficient (Wildman–Crippen LogP) is 3.69. The van der Waals surface area contributed by atoms with Gasteiger partial charge in [0.2, 0.25) is 0 Å². The Balaban J connectivity index is 1.35. The van der Waals surface area contributed by atoms with Crippen molar-refractivity contribution in [3.63, 3.8) is 0 Å². The van der Waals surface area contributed by atoms with Gasteiger partial charge in [-0.1, -0.05) is 12.1 Å². The first-order valence-electron chi connectivity index (χ1n) is 11.6. The zero-order valence-corrected chi connectivity index (χ0v) is 19.1. The number of anilines is 1. The SMILES string of the molecule is CCOc1ccccc1N1CCN(CC(=O)c2cc(C)n(C[C@H]3CCCO3)c2C)CC1. The summed E-state index contributed by atoms with van der Waals surface area (Å²) in [7, 11) is 0. The minimum atomic E-state index is 0.217. The molecular formula is C25H35N3O3. The number of aromatic nitrogens is 1. The van der Waals surface area contributed by atoms with Gasteiger partial charge in [-0.15, -0.1) is 0 Å². The fourth-order valence-electron chi connectivity index (χ4n) is 4.79. The zero-order valence-electron chi connectivity index (χ0n) is 19.1. The second kappa shape index (κ2) is 9.88. The van der Waals surface area contributed by atoms with Crippen LogP contribution < -0.4 is 9.64 Å². The van der Waals surface area contributed by atoms with Crippen molar-refractivity contribution in [2.75, 3.05) is 50.8 Å². The van der Waals surface area contributed by atoms with Crippen LogP contribution in [0.25, 0.3) is 0 Å². The van der Waals surface area contributed by atoms with Gasteiger partial charge in [-0.2, -0.15) is 0 Å². The van der Waals surface area contributed by atoms with Crippen LogP contribution in [0.15, 0.2) is 30.3 Å². The third-order valence-electron chi connectivity index (χ3n) is 6.53. The van der Waals surface area contributed by atoms with Crippen LogP contribution >= 0.6 is 0 Å². The van der Waals surface area contributed by atoms with Gasteiger partial charge in [0.15, 0.2) is 5.78 Å². The lowest BCUT2D eigenvalue weighted by Gasteiger charge is -2.36. The summed E-state index contributed by atoms with van der Waals surface area (Å²) < 4.78 is 13.8. The van der Waals surface area contributed by atoms with Gasteiger partial charge < -0.3 is 18.9 Å². The molecule has 3 heterocycles. The Labute approximate surface area is 185 Å². The standard InChI is InChI=1S/C25H35N3O3/c1-4-30-25-10-6-5-9-23(25)27-13-11-26(12-14-27)18-24(29)22-16-19(2)28(20(22)3)17-21-8-7-15-31-21/h5-6,9-10,16,21H,4,7-8,11-15,17-18H2,1-3H3/t21-/m1/s1. The first kappa shape index (κ1) is 21.9. The Morgan fingerprint density at radius 1 is 1.16 bits per heavy atom. The minimum Gasteiger partial charge on any atom is -0.492 e. The molecule has 2 aromatic rings. The molecule has 0 aliphatic carbocycles. The highest BCUT2D eigenvalue weighted by Gasteiger charge is 2.24. The maximum absolute atomic E-state index is 13.1. The molecule has 1 aromatic heterocycles. The largest absolute Gasteiger partial charge is 0.492 e. The van der Waals surface area contributed by atoms with E-state index in [1.54, 1.807) is 0 Å². The van der Waals surface area contributed by atoms with Crippen molar-refractivity contribution in [1.29, 1.82) is 0 Å². The van der Waals surface area contributed by atoms with E-state index in [4.69, 9.17) is 9.47 Å². The Hall–Kier alpha value is -2.31. The maximum atomic E-state index is 13.1. The number of para-hydroxylation sites is 2. The molecule has 2 fully saturated rings. The summed E-state index contributed by atoms with van der Waals surface area (Å²) in [4.78, 5) is 17.7. The van der Waals surface area contributed by atoms with E-state index in [0.29, 0.717) is 13.2 Å². The third kappa shape index (κ3) is 4.96. The normalized spacial score (nSPS) is 19.7. The number of carbonyl (C=O) groups is 1. The molecule has 2 saturated heterocycles. The van der Waals surface area contributed by atoms with Crippen LogP contribution in [0.2, 0.25) is 0 Å². The predicted molar refractivity (Wildman–Crippen MR) is 123 cm³/mol. The molecule has 168 valence electrons. The summed E-state index contributed by atoms with van der Waals surface area (Å²) in [6.45, 7) is 12.6. The molecule has 31 heavy (non-hydrogen) atoms. The second-order valence-corrected chi connectivity index (χ2v) is 8.62. The van der Waals surface area contributed by atoms with Crippen LogP contribution in [-0.2, 0) is 11.3 Å². The molecule has 0 amide bonds. The van der Waals surface area contributed by atoms with Crippen LogP contribution in [-0.4, -0.2) is 67.3 Å². The van der Waals surface area contributed by atoms with E-state index in [1.165, 1.54) is 0 Å². The highest BCUT2D eigenvalue weighted by Crippen LogP contribution is 2.29. The van der Waals surface area contributed by atoms with Crippen molar-refractivity contribution in [1.82, 2.24) is 9.47 Å². The number of carbonyl (C=O) groups excluding carboxylic acids is 1. The summed E-state index contributed by atoms with van der Waals surface area (Å²) >= 11 is 0. The molecule has 0 unspecified atom stereocenters. The number of nitrogens with zero attached hydrogens (tertiary/aromatic N) is 3. The first-order valence-corrected chi connectivity index (χ1v) is 11.6. The number of hydrogen-bond donors (Lipinski definition) is 0. The van der Waals surface area contributed by atoms with Gasteiger partial charge in [0.25, 0.3) is 0 Å². The van der Waals surface area contributed by atoms with Crippen molar-refractivity contribution in [2.24, 2.45) is 0 Å². The topological polar surface area (TPSA) is 46.9 Å². The van der Waals surface area contributed by atoms with E-state index in [-0.39, 0.29) is 11.9 Å². The number of rotatable bonds is 8. The highest BCUT2D eigenvalue weighted by molar-refractivity contribution is 5.99. The molecule has 4 rings (SSSR count). The third-order valence-corrected chi connectivity index (χ3v) is 6.53. The number of ether oxygens (including phenoxy) is 2. The number of piperazine rings is 1. The number of hydrogen-bond acceptors (Lipinski definition) is 5. The molecule has 6 heteroatoms. The Bertz CT molecular complexity index is 893. The molecule has 1 aromatic carbocycles. The van der Waals surface area contributed by atoms with Gasteiger partial charge in [0.05, 0.1) is 24.9 Å². The zero-order chi connectivity index (χ0) is 21.8. The molecule has 0 spiro atoms. The van der Waals surface area contributed by atoms with E-state index < -0.39 is 0 Å². The van der Waals surface area contributed by atoms with Gasteiger partial charge in [-0.05, 0) is 51.8 Å².